The van der Waals surface area contributed by atoms with E-state index in [1.807, 2.05) is 0 Å². The van der Waals surface area contributed by atoms with Crippen LogP contribution in [-0.4, -0.2) is 25.3 Å². The Morgan fingerprint density at radius 1 is 1.30 bits per heavy atom. The summed E-state index contributed by atoms with van der Waals surface area (Å²) in [5.41, 5.74) is 2.43. The second-order valence-electron chi connectivity index (χ2n) is 7.09. The van der Waals surface area contributed by atoms with Gasteiger partial charge in [0.25, 0.3) is 5.56 Å². The van der Waals surface area contributed by atoms with Crippen LogP contribution in [-0.2, 0) is 30.4 Å². The largest absolute Gasteiger partial charge is 0.436 e. The minimum atomic E-state index is -4.59. The number of amides is 1. The molecule has 1 aliphatic carbocycles. The van der Waals surface area contributed by atoms with Crippen molar-refractivity contribution >= 4 is 43.4 Å². The van der Waals surface area contributed by atoms with Gasteiger partial charge in [0.15, 0.2) is 5.69 Å². The minimum Gasteiger partial charge on any atom is -0.273 e. The van der Waals surface area contributed by atoms with Gasteiger partial charge in [0.2, 0.25) is 5.91 Å². The molecule has 30 heavy (non-hydrogen) atoms. The molecular weight excluding hydrogens is 487 g/mol. The Morgan fingerprint density at radius 2 is 2.03 bits per heavy atom. The average molecular weight is 504 g/mol. The smallest absolute Gasteiger partial charge is 0.273 e. The van der Waals surface area contributed by atoms with Crippen molar-refractivity contribution in [1.29, 1.82) is 0 Å². The van der Waals surface area contributed by atoms with Gasteiger partial charge in [-0.05, 0) is 54.6 Å². The number of hydrogen-bond acceptors (Lipinski definition) is 5. The Bertz CT molecular complexity index is 1230. The molecule has 0 bridgehead atoms. The lowest BCUT2D eigenvalue weighted by Crippen LogP contribution is -2.36. The molecule has 12 heteroatoms. The molecule has 0 unspecified atom stereocenters. The van der Waals surface area contributed by atoms with Crippen molar-refractivity contribution in [3.05, 3.63) is 42.5 Å². The molecule has 0 radical (unpaired) electrons. The number of alkyl halides is 3. The highest BCUT2D eigenvalue weighted by atomic mass is 79.9. The van der Waals surface area contributed by atoms with Gasteiger partial charge in [0, 0.05) is 11.3 Å². The zero-order valence-electron chi connectivity index (χ0n) is 16.1. The highest BCUT2D eigenvalue weighted by Gasteiger charge is 2.38. The summed E-state index contributed by atoms with van der Waals surface area (Å²) in [6, 6.07) is 0. The number of rotatable bonds is 4. The number of aryl methyl sites for hydroxylation is 4. The van der Waals surface area contributed by atoms with Gasteiger partial charge in [-0.25, -0.2) is 9.66 Å². The fourth-order valence-electron chi connectivity index (χ4n) is 3.59. The lowest BCUT2D eigenvalue weighted by molar-refractivity contribution is -0.142. The topological polar surface area (TPSA) is 81.8 Å². The minimum absolute atomic E-state index is 0.0658. The third kappa shape index (κ3) is 3.55. The molecule has 0 spiro atoms. The molecule has 160 valence electrons. The number of thiophene rings is 1. The summed E-state index contributed by atoms with van der Waals surface area (Å²) in [4.78, 5) is 31.7. The van der Waals surface area contributed by atoms with E-state index in [0.29, 0.717) is 16.0 Å². The van der Waals surface area contributed by atoms with E-state index >= 15 is 0 Å². The fraction of sp³-hybridized carbons (Fsp3) is 0.444. The first-order valence-electron chi connectivity index (χ1n) is 9.21. The van der Waals surface area contributed by atoms with Gasteiger partial charge >= 0.3 is 6.18 Å². The number of nitrogens with one attached hydrogen (secondary N) is 1. The number of aromatic nitrogens is 4. The maximum Gasteiger partial charge on any atom is 0.436 e. The molecular formula is C18H17BrF3N5O2S. The van der Waals surface area contributed by atoms with E-state index < -0.39 is 17.8 Å². The summed E-state index contributed by atoms with van der Waals surface area (Å²) in [6.07, 6.45) is -2.01. The highest BCUT2D eigenvalue weighted by Crippen LogP contribution is 2.36. The Hall–Kier alpha value is -2.21. The number of nitrogens with zero attached hydrogens (tertiary/aromatic N) is 4. The number of hydrogen-bond donors (Lipinski definition) is 1. The molecule has 3 heterocycles. The van der Waals surface area contributed by atoms with E-state index in [4.69, 9.17) is 0 Å². The zero-order valence-corrected chi connectivity index (χ0v) is 18.5. The third-order valence-corrected chi connectivity index (χ3v) is 7.23. The quantitative estimate of drug-likeness (QED) is 0.588. The summed E-state index contributed by atoms with van der Waals surface area (Å²) in [5.74, 6) is -0.175. The van der Waals surface area contributed by atoms with Crippen LogP contribution in [0.2, 0.25) is 0 Å². The number of halogens is 4. The lowest BCUT2D eigenvalue weighted by Gasteiger charge is -2.12. The van der Waals surface area contributed by atoms with Crippen LogP contribution in [0, 0.1) is 13.8 Å². The van der Waals surface area contributed by atoms with Gasteiger partial charge in [-0.15, -0.1) is 11.3 Å². The van der Waals surface area contributed by atoms with E-state index in [0.717, 1.165) is 34.2 Å². The maximum absolute atomic E-state index is 13.0. The molecule has 1 N–H and O–H groups in total. The van der Waals surface area contributed by atoms with Crippen molar-refractivity contribution in [2.24, 2.45) is 0 Å². The van der Waals surface area contributed by atoms with Gasteiger partial charge in [-0.2, -0.15) is 18.3 Å². The second kappa shape index (κ2) is 7.49. The first-order chi connectivity index (χ1) is 14.1. The average Bonchev–Trinajstić information content (AvgIpc) is 3.31. The van der Waals surface area contributed by atoms with Crippen LogP contribution in [0.3, 0.4) is 0 Å². The van der Waals surface area contributed by atoms with Gasteiger partial charge in [-0.1, -0.05) is 0 Å². The molecule has 1 aliphatic rings. The van der Waals surface area contributed by atoms with Crippen LogP contribution in [0.5, 0.6) is 0 Å². The standard InChI is InChI=1S/C18H17BrF3N5O2S/c1-8-14(19)15(18(20,21)22)25-26(8)7-6-12(28)24-27-9(2)23-16-13(17(27)29)10-4-3-5-11(10)30-16/h3-7H2,1-2H3,(H,24,28). The summed E-state index contributed by atoms with van der Waals surface area (Å²) in [6.45, 7) is 3.04. The van der Waals surface area contributed by atoms with Crippen LogP contribution >= 0.6 is 27.3 Å². The summed E-state index contributed by atoms with van der Waals surface area (Å²) < 4.78 is 41.0. The fourth-order valence-corrected chi connectivity index (χ4v) is 5.39. The zero-order chi connectivity index (χ0) is 21.8. The molecule has 3 aromatic rings. The summed E-state index contributed by atoms with van der Waals surface area (Å²) in [5, 5.41) is 4.10. The third-order valence-electron chi connectivity index (χ3n) is 5.10. The van der Waals surface area contributed by atoms with Gasteiger partial charge in [-0.3, -0.25) is 19.7 Å². The van der Waals surface area contributed by atoms with E-state index in [2.05, 4.69) is 31.4 Å². The SMILES string of the molecule is Cc1c(Br)c(C(F)(F)F)nn1CCC(=O)Nn1c(C)nc2sc3c(c2c1=O)CCC3. The van der Waals surface area contributed by atoms with Gasteiger partial charge in [0.05, 0.1) is 22.1 Å². The molecule has 0 saturated heterocycles. The Morgan fingerprint density at radius 3 is 2.70 bits per heavy atom. The van der Waals surface area contributed by atoms with Crippen molar-refractivity contribution in [3.8, 4) is 0 Å². The molecule has 3 aromatic heterocycles. The molecule has 0 aliphatic heterocycles. The predicted molar refractivity (Wildman–Crippen MR) is 109 cm³/mol. The van der Waals surface area contributed by atoms with Crippen LogP contribution in [0.4, 0.5) is 13.2 Å². The number of carbonyl (C=O) groups excluding carboxylic acids is 1. The Balaban J connectivity index is 1.54. The van der Waals surface area contributed by atoms with E-state index in [9.17, 15) is 22.8 Å². The van der Waals surface area contributed by atoms with E-state index in [1.54, 1.807) is 6.92 Å². The molecule has 0 saturated carbocycles. The molecule has 7 nitrogen and oxygen atoms in total. The predicted octanol–water partition coefficient (Wildman–Crippen LogP) is 3.70. The maximum atomic E-state index is 13.0. The molecule has 0 aromatic carbocycles. The monoisotopic (exact) mass is 503 g/mol. The Kier molecular flexibility index (Phi) is 5.25. The summed E-state index contributed by atoms with van der Waals surface area (Å²) in [7, 11) is 0. The molecule has 1 amide bonds. The van der Waals surface area contributed by atoms with Crippen molar-refractivity contribution in [2.45, 2.75) is 52.3 Å². The van der Waals surface area contributed by atoms with E-state index in [-0.39, 0.29) is 28.7 Å². The Labute approximate surface area is 181 Å². The lowest BCUT2D eigenvalue weighted by atomic mass is 10.2. The van der Waals surface area contributed by atoms with Crippen LogP contribution < -0.4 is 11.0 Å². The van der Waals surface area contributed by atoms with Gasteiger partial charge in [0.1, 0.15) is 10.7 Å². The number of carbonyl (C=O) groups is 1. The van der Waals surface area contributed by atoms with Gasteiger partial charge < -0.3 is 0 Å². The van der Waals surface area contributed by atoms with Crippen molar-refractivity contribution < 1.29 is 18.0 Å². The van der Waals surface area contributed by atoms with Crippen LogP contribution in [0.1, 0.15) is 40.5 Å². The molecule has 0 fully saturated rings. The normalized spacial score (nSPS) is 13.8. The number of fused-ring (bicyclic) bond motifs is 3. The van der Waals surface area contributed by atoms with Crippen molar-refractivity contribution in [2.75, 3.05) is 5.43 Å². The first-order valence-corrected chi connectivity index (χ1v) is 10.8. The van der Waals surface area contributed by atoms with Crippen LogP contribution in [0.25, 0.3) is 10.2 Å². The van der Waals surface area contributed by atoms with Crippen molar-refractivity contribution in [3.63, 3.8) is 0 Å². The summed E-state index contributed by atoms with van der Waals surface area (Å²) >= 11 is 4.42. The van der Waals surface area contributed by atoms with Crippen molar-refractivity contribution in [1.82, 2.24) is 19.4 Å². The molecule has 0 atom stereocenters. The first kappa shape index (κ1) is 21.0. The van der Waals surface area contributed by atoms with E-state index in [1.165, 1.54) is 23.1 Å². The molecule has 4 rings (SSSR count). The highest BCUT2D eigenvalue weighted by molar-refractivity contribution is 9.10. The second-order valence-corrected chi connectivity index (χ2v) is 8.97. The van der Waals surface area contributed by atoms with Crippen LogP contribution in [0.15, 0.2) is 9.27 Å².